The lowest BCUT2D eigenvalue weighted by Gasteiger charge is -2.19. The molecule has 2 amide bonds. The molecule has 1 atom stereocenters. The fourth-order valence-electron chi connectivity index (χ4n) is 3.97. The minimum atomic E-state index is -0.415. The van der Waals surface area contributed by atoms with Crippen LogP contribution in [0.3, 0.4) is 0 Å². The van der Waals surface area contributed by atoms with E-state index in [4.69, 9.17) is 4.74 Å². The molecule has 1 saturated carbocycles. The van der Waals surface area contributed by atoms with Gasteiger partial charge in [0.1, 0.15) is 6.54 Å². The molecule has 3 rings (SSSR count). The molecular formula is C24H31FN3O3+. The highest BCUT2D eigenvalue weighted by molar-refractivity contribution is 6.04. The number of nitrogens with one attached hydrogen (secondary N) is 3. The molecular weight excluding hydrogens is 397 g/mol. The summed E-state index contributed by atoms with van der Waals surface area (Å²) in [6.45, 7) is 3.40. The van der Waals surface area contributed by atoms with Crippen LogP contribution in [0.5, 0.6) is 5.75 Å². The number of para-hydroxylation sites is 1. The van der Waals surface area contributed by atoms with E-state index in [9.17, 15) is 14.0 Å². The summed E-state index contributed by atoms with van der Waals surface area (Å²) in [5.74, 6) is -0.558. The number of hydrogen-bond acceptors (Lipinski definition) is 3. The Morgan fingerprint density at radius 2 is 1.90 bits per heavy atom. The van der Waals surface area contributed by atoms with Crippen molar-refractivity contribution in [1.29, 1.82) is 0 Å². The molecule has 0 radical (unpaired) electrons. The molecule has 166 valence electrons. The van der Waals surface area contributed by atoms with Gasteiger partial charge >= 0.3 is 0 Å². The van der Waals surface area contributed by atoms with Gasteiger partial charge in [0.25, 0.3) is 11.8 Å². The average Bonchev–Trinajstić information content (AvgIpc) is 3.26. The lowest BCUT2D eigenvalue weighted by molar-refractivity contribution is -0.903. The minimum Gasteiger partial charge on any atom is -0.494 e. The van der Waals surface area contributed by atoms with Crippen molar-refractivity contribution in [2.45, 2.75) is 45.2 Å². The first-order valence-electron chi connectivity index (χ1n) is 10.9. The van der Waals surface area contributed by atoms with Gasteiger partial charge < -0.3 is 20.3 Å². The van der Waals surface area contributed by atoms with E-state index in [0.29, 0.717) is 24.3 Å². The number of halogens is 1. The van der Waals surface area contributed by atoms with Crippen LogP contribution in [0.25, 0.3) is 0 Å². The zero-order valence-electron chi connectivity index (χ0n) is 18.2. The number of carbonyl (C=O) groups excluding carboxylic acids is 2. The van der Waals surface area contributed by atoms with Crippen LogP contribution < -0.4 is 20.3 Å². The van der Waals surface area contributed by atoms with Gasteiger partial charge in [-0.3, -0.25) is 9.59 Å². The van der Waals surface area contributed by atoms with Crippen molar-refractivity contribution in [2.75, 3.05) is 25.5 Å². The fourth-order valence-corrected chi connectivity index (χ4v) is 3.97. The summed E-state index contributed by atoms with van der Waals surface area (Å²) >= 11 is 0. The molecule has 0 bridgehead atoms. The van der Waals surface area contributed by atoms with E-state index in [2.05, 4.69) is 10.6 Å². The molecule has 1 unspecified atom stereocenters. The van der Waals surface area contributed by atoms with Crippen molar-refractivity contribution >= 4 is 17.5 Å². The van der Waals surface area contributed by atoms with Crippen molar-refractivity contribution in [3.05, 3.63) is 59.4 Å². The summed E-state index contributed by atoms with van der Waals surface area (Å²) in [6.07, 6.45) is 4.27. The number of hydrogen-bond donors (Lipinski definition) is 3. The second-order valence-electron chi connectivity index (χ2n) is 7.97. The number of rotatable bonds is 9. The van der Waals surface area contributed by atoms with Crippen LogP contribution in [-0.4, -0.2) is 38.1 Å². The maximum atomic E-state index is 14.0. The lowest BCUT2D eigenvalue weighted by Crippen LogP contribution is -3.11. The standard InChI is InChI=1S/C24H30FN3O3/c1-3-28(15-17-12-13-22(31-2)20(25)14-17)16-23(29)27-21-11-7-6-10-19(21)24(30)26-18-8-4-5-9-18/h6-7,10-14,18H,3-5,8-9,15-16H2,1-2H3,(H,26,30)(H,27,29)/p+1. The van der Waals surface area contributed by atoms with Crippen LogP contribution in [0.15, 0.2) is 42.5 Å². The van der Waals surface area contributed by atoms with E-state index in [1.54, 1.807) is 36.4 Å². The molecule has 0 spiro atoms. The third-order valence-electron chi connectivity index (χ3n) is 5.72. The first kappa shape index (κ1) is 22.7. The average molecular weight is 429 g/mol. The molecule has 3 N–H and O–H groups in total. The number of carbonyl (C=O) groups is 2. The normalized spacial score (nSPS) is 14.8. The van der Waals surface area contributed by atoms with Gasteiger partial charge in [0.2, 0.25) is 0 Å². The maximum absolute atomic E-state index is 14.0. The summed E-state index contributed by atoms with van der Waals surface area (Å²) in [4.78, 5) is 26.4. The zero-order valence-corrected chi connectivity index (χ0v) is 18.2. The van der Waals surface area contributed by atoms with Gasteiger partial charge in [-0.05, 0) is 50.1 Å². The number of anilines is 1. The Labute approximate surface area is 182 Å². The summed E-state index contributed by atoms with van der Waals surface area (Å²) in [7, 11) is 1.43. The SMILES string of the molecule is CC[NH+](CC(=O)Nc1ccccc1C(=O)NC1CCCC1)Cc1ccc(OC)c(F)c1. The van der Waals surface area contributed by atoms with Crippen molar-refractivity contribution in [1.82, 2.24) is 5.32 Å². The number of amides is 2. The van der Waals surface area contributed by atoms with Crippen LogP contribution in [-0.2, 0) is 11.3 Å². The molecule has 1 aliphatic rings. The van der Waals surface area contributed by atoms with Gasteiger partial charge in [-0.15, -0.1) is 0 Å². The summed E-state index contributed by atoms with van der Waals surface area (Å²) in [5.41, 5.74) is 1.77. The molecule has 7 heteroatoms. The maximum Gasteiger partial charge on any atom is 0.279 e. The second kappa shape index (κ2) is 10.9. The number of quaternary nitrogens is 1. The first-order chi connectivity index (χ1) is 15.0. The molecule has 2 aromatic rings. The molecule has 1 aliphatic carbocycles. The topological polar surface area (TPSA) is 71.9 Å². The number of likely N-dealkylation sites (N-methyl/N-ethyl adjacent to an activating group) is 1. The van der Waals surface area contributed by atoms with Crippen LogP contribution in [0.1, 0.15) is 48.5 Å². The molecule has 1 fully saturated rings. The van der Waals surface area contributed by atoms with Crippen molar-refractivity contribution in [2.24, 2.45) is 0 Å². The van der Waals surface area contributed by atoms with Crippen molar-refractivity contribution < 1.29 is 23.6 Å². The Bertz CT molecular complexity index is 913. The quantitative estimate of drug-likeness (QED) is 0.575. The van der Waals surface area contributed by atoms with Crippen LogP contribution in [0.2, 0.25) is 0 Å². The number of benzene rings is 2. The largest absolute Gasteiger partial charge is 0.494 e. The molecule has 2 aromatic carbocycles. The number of methoxy groups -OCH3 is 1. The minimum absolute atomic E-state index is 0.156. The second-order valence-corrected chi connectivity index (χ2v) is 7.97. The van der Waals surface area contributed by atoms with Crippen molar-refractivity contribution in [3.63, 3.8) is 0 Å². The van der Waals surface area contributed by atoms with E-state index < -0.39 is 5.82 Å². The third kappa shape index (κ3) is 6.28. The molecule has 6 nitrogen and oxygen atoms in total. The van der Waals surface area contributed by atoms with E-state index >= 15 is 0 Å². The highest BCUT2D eigenvalue weighted by Crippen LogP contribution is 2.20. The summed E-state index contributed by atoms with van der Waals surface area (Å²) in [5, 5.41) is 5.95. The summed E-state index contributed by atoms with van der Waals surface area (Å²) < 4.78 is 18.9. The molecule has 0 aromatic heterocycles. The Morgan fingerprint density at radius 3 is 2.58 bits per heavy atom. The van der Waals surface area contributed by atoms with Crippen LogP contribution >= 0.6 is 0 Å². The molecule has 31 heavy (non-hydrogen) atoms. The summed E-state index contributed by atoms with van der Waals surface area (Å²) in [6, 6.07) is 12.1. The first-order valence-corrected chi connectivity index (χ1v) is 10.9. The molecule has 0 saturated heterocycles. The Hall–Kier alpha value is -2.93. The number of ether oxygens (including phenoxy) is 1. The van der Waals surface area contributed by atoms with Crippen molar-refractivity contribution in [3.8, 4) is 5.75 Å². The van der Waals surface area contributed by atoms with Crippen LogP contribution in [0, 0.1) is 5.82 Å². The molecule has 0 heterocycles. The van der Waals surface area contributed by atoms with Gasteiger partial charge in [-0.2, -0.15) is 0 Å². The van der Waals surface area contributed by atoms with Gasteiger partial charge in [0, 0.05) is 11.6 Å². The van der Waals surface area contributed by atoms with Gasteiger partial charge in [-0.25, -0.2) is 4.39 Å². The van der Waals surface area contributed by atoms with E-state index in [1.165, 1.54) is 13.2 Å². The van der Waals surface area contributed by atoms with Gasteiger partial charge in [0.05, 0.1) is 24.9 Å². The van der Waals surface area contributed by atoms with Gasteiger partial charge in [0.15, 0.2) is 18.1 Å². The molecule has 0 aliphatic heterocycles. The monoisotopic (exact) mass is 428 g/mol. The van der Waals surface area contributed by atoms with E-state index in [-0.39, 0.29) is 30.2 Å². The predicted molar refractivity (Wildman–Crippen MR) is 118 cm³/mol. The third-order valence-corrected chi connectivity index (χ3v) is 5.72. The fraction of sp³-hybridized carbons (Fsp3) is 0.417. The highest BCUT2D eigenvalue weighted by Gasteiger charge is 2.21. The zero-order chi connectivity index (χ0) is 22.2. The smallest absolute Gasteiger partial charge is 0.279 e. The van der Waals surface area contributed by atoms with E-state index in [0.717, 1.165) is 36.1 Å². The lowest BCUT2D eigenvalue weighted by atomic mass is 10.1. The Kier molecular flexibility index (Phi) is 8.00. The Balaban J connectivity index is 1.61. The predicted octanol–water partition coefficient (Wildman–Crippen LogP) is 2.55. The van der Waals surface area contributed by atoms with Gasteiger partial charge in [-0.1, -0.05) is 25.0 Å². The highest BCUT2D eigenvalue weighted by atomic mass is 19.1. The Morgan fingerprint density at radius 1 is 1.16 bits per heavy atom. The van der Waals surface area contributed by atoms with E-state index in [1.807, 2.05) is 6.92 Å². The van der Waals surface area contributed by atoms with Crippen LogP contribution in [0.4, 0.5) is 10.1 Å².